The molecular weight excluding hydrogens is 467 g/mol. The maximum absolute atomic E-state index is 12.4. The van der Waals surface area contributed by atoms with Gasteiger partial charge in [0.05, 0.1) is 35.9 Å². The largest absolute Gasteiger partial charge is 0.493 e. The summed E-state index contributed by atoms with van der Waals surface area (Å²) in [6, 6.07) is 8.09. The third kappa shape index (κ3) is 8.28. The van der Waals surface area contributed by atoms with Crippen LogP contribution in [0.25, 0.3) is 6.08 Å². The third-order valence-electron chi connectivity index (χ3n) is 4.31. The van der Waals surface area contributed by atoms with Crippen molar-refractivity contribution in [3.8, 4) is 11.5 Å². The van der Waals surface area contributed by atoms with E-state index in [2.05, 4.69) is 10.6 Å². The molecule has 0 saturated heterocycles. The van der Waals surface area contributed by atoms with Crippen molar-refractivity contribution < 1.29 is 23.8 Å². The minimum atomic E-state index is -0.376. The predicted octanol–water partition coefficient (Wildman–Crippen LogP) is 5.06. The van der Waals surface area contributed by atoms with Crippen molar-refractivity contribution in [2.75, 3.05) is 39.3 Å². The first-order valence-electron chi connectivity index (χ1n) is 10.3. The first-order chi connectivity index (χ1) is 15.7. The summed E-state index contributed by atoms with van der Waals surface area (Å²) in [6.07, 6.45) is 2.97. The first kappa shape index (κ1) is 26.5. The molecule has 2 N–H and O–H groups in total. The van der Waals surface area contributed by atoms with Gasteiger partial charge in [-0.2, -0.15) is 0 Å². The van der Waals surface area contributed by atoms with Crippen molar-refractivity contribution in [2.24, 2.45) is 5.92 Å². The van der Waals surface area contributed by atoms with Gasteiger partial charge in [-0.15, -0.1) is 0 Å². The van der Waals surface area contributed by atoms with Crippen LogP contribution in [0.3, 0.4) is 0 Å². The standard InChI is InChI=1S/C24H28Cl2N2O5/c1-15(2)14-33-23-20(26)11-16(12-21(23)32-4)5-8-22(29)28-17-6-7-18(19(25)13-17)24(30)27-9-10-31-3/h5-8,11-13,15H,9-10,14H2,1-4H3,(H,27,30)(H,28,29). The number of nitrogens with one attached hydrogen (secondary N) is 2. The summed E-state index contributed by atoms with van der Waals surface area (Å²) in [4.78, 5) is 24.5. The van der Waals surface area contributed by atoms with Crippen LogP contribution in [0.4, 0.5) is 5.69 Å². The van der Waals surface area contributed by atoms with Gasteiger partial charge in [-0.25, -0.2) is 0 Å². The van der Waals surface area contributed by atoms with E-state index in [0.717, 1.165) is 0 Å². The molecule has 0 aliphatic rings. The molecule has 2 aromatic carbocycles. The average molecular weight is 495 g/mol. The molecule has 178 valence electrons. The summed E-state index contributed by atoms with van der Waals surface area (Å²) in [7, 11) is 3.08. The van der Waals surface area contributed by atoms with Gasteiger partial charge < -0.3 is 24.8 Å². The number of amides is 2. The monoisotopic (exact) mass is 494 g/mol. The molecule has 2 aromatic rings. The summed E-state index contributed by atoms with van der Waals surface area (Å²) < 4.78 is 16.0. The van der Waals surface area contributed by atoms with Crippen LogP contribution in [0.1, 0.15) is 29.8 Å². The van der Waals surface area contributed by atoms with Gasteiger partial charge in [0, 0.05) is 25.4 Å². The maximum atomic E-state index is 12.4. The average Bonchev–Trinajstić information content (AvgIpc) is 2.76. The smallest absolute Gasteiger partial charge is 0.252 e. The number of hydrogen-bond donors (Lipinski definition) is 2. The predicted molar refractivity (Wildman–Crippen MR) is 132 cm³/mol. The molecule has 0 radical (unpaired) electrons. The molecule has 0 aromatic heterocycles. The molecule has 0 atom stereocenters. The lowest BCUT2D eigenvalue weighted by molar-refractivity contribution is -0.111. The number of methoxy groups -OCH3 is 2. The second-order valence-electron chi connectivity index (χ2n) is 7.50. The first-order valence-corrected chi connectivity index (χ1v) is 11.1. The van der Waals surface area contributed by atoms with Gasteiger partial charge in [-0.3, -0.25) is 9.59 Å². The van der Waals surface area contributed by atoms with Crippen LogP contribution in [0, 0.1) is 5.92 Å². The molecule has 9 heteroatoms. The van der Waals surface area contributed by atoms with E-state index in [1.807, 2.05) is 13.8 Å². The van der Waals surface area contributed by atoms with Crippen LogP contribution >= 0.6 is 23.2 Å². The summed E-state index contributed by atoms with van der Waals surface area (Å²) in [5.74, 6) is 0.589. The molecule has 0 unspecified atom stereocenters. The van der Waals surface area contributed by atoms with Crippen molar-refractivity contribution in [3.63, 3.8) is 0 Å². The van der Waals surface area contributed by atoms with Crippen LogP contribution in [0.15, 0.2) is 36.4 Å². The summed E-state index contributed by atoms with van der Waals surface area (Å²) in [5.41, 5.74) is 1.43. The number of hydrogen-bond acceptors (Lipinski definition) is 5. The Bertz CT molecular complexity index is 1010. The van der Waals surface area contributed by atoms with E-state index in [9.17, 15) is 9.59 Å². The van der Waals surface area contributed by atoms with Gasteiger partial charge in [0.2, 0.25) is 5.91 Å². The summed E-state index contributed by atoms with van der Waals surface area (Å²) in [5, 5.41) is 6.01. The van der Waals surface area contributed by atoms with Crippen LogP contribution in [0.2, 0.25) is 10.0 Å². The molecule has 0 bridgehead atoms. The van der Waals surface area contributed by atoms with Crippen molar-refractivity contribution in [2.45, 2.75) is 13.8 Å². The highest BCUT2D eigenvalue weighted by atomic mass is 35.5. The molecule has 33 heavy (non-hydrogen) atoms. The molecule has 0 aliphatic heterocycles. The van der Waals surface area contributed by atoms with E-state index in [0.29, 0.717) is 59.0 Å². The number of ether oxygens (including phenoxy) is 3. The SMILES string of the molecule is COCCNC(=O)c1ccc(NC(=O)C=Cc2cc(Cl)c(OCC(C)C)c(OC)c2)cc1Cl. The van der Waals surface area contributed by atoms with Crippen molar-refractivity contribution in [1.82, 2.24) is 5.32 Å². The molecular formula is C24H28Cl2N2O5. The highest BCUT2D eigenvalue weighted by Crippen LogP contribution is 2.37. The Kier molecular flexibility index (Phi) is 10.5. The molecule has 0 saturated carbocycles. The van der Waals surface area contributed by atoms with Crippen LogP contribution in [-0.2, 0) is 9.53 Å². The summed E-state index contributed by atoms with van der Waals surface area (Å²) >= 11 is 12.5. The Morgan fingerprint density at radius 3 is 2.48 bits per heavy atom. The Hall–Kier alpha value is -2.74. The van der Waals surface area contributed by atoms with Gasteiger partial charge in [0.15, 0.2) is 11.5 Å². The van der Waals surface area contributed by atoms with Crippen LogP contribution < -0.4 is 20.1 Å². The van der Waals surface area contributed by atoms with Crippen molar-refractivity contribution in [1.29, 1.82) is 0 Å². The van der Waals surface area contributed by atoms with Crippen molar-refractivity contribution >= 4 is 46.8 Å². The number of carbonyl (C=O) groups excluding carboxylic acids is 2. The Labute approximate surface area is 204 Å². The zero-order chi connectivity index (χ0) is 24.4. The highest BCUT2D eigenvalue weighted by molar-refractivity contribution is 6.34. The normalized spacial score (nSPS) is 11.0. The zero-order valence-corrected chi connectivity index (χ0v) is 20.5. The molecule has 7 nitrogen and oxygen atoms in total. The Morgan fingerprint density at radius 1 is 1.09 bits per heavy atom. The second-order valence-corrected chi connectivity index (χ2v) is 8.32. The lowest BCUT2D eigenvalue weighted by Gasteiger charge is -2.14. The van der Waals surface area contributed by atoms with Crippen LogP contribution in [0.5, 0.6) is 11.5 Å². The lowest BCUT2D eigenvalue weighted by Crippen LogP contribution is -2.27. The Balaban J connectivity index is 2.05. The maximum Gasteiger partial charge on any atom is 0.252 e. The number of carbonyl (C=O) groups is 2. The fraction of sp³-hybridized carbons (Fsp3) is 0.333. The fourth-order valence-electron chi connectivity index (χ4n) is 2.72. The number of rotatable bonds is 11. The molecule has 0 aliphatic carbocycles. The Morgan fingerprint density at radius 2 is 1.85 bits per heavy atom. The zero-order valence-electron chi connectivity index (χ0n) is 19.0. The van der Waals surface area contributed by atoms with E-state index in [4.69, 9.17) is 37.4 Å². The topological polar surface area (TPSA) is 85.9 Å². The van der Waals surface area contributed by atoms with E-state index in [-0.39, 0.29) is 16.8 Å². The van der Waals surface area contributed by atoms with E-state index in [1.165, 1.54) is 19.3 Å². The fourth-order valence-corrected chi connectivity index (χ4v) is 3.26. The minimum absolute atomic E-state index is 0.222. The second kappa shape index (κ2) is 13.1. The third-order valence-corrected chi connectivity index (χ3v) is 4.91. The van der Waals surface area contributed by atoms with Gasteiger partial charge in [0.25, 0.3) is 5.91 Å². The molecule has 2 rings (SSSR count). The molecule has 0 heterocycles. The van der Waals surface area contributed by atoms with Crippen LogP contribution in [-0.4, -0.2) is 45.8 Å². The highest BCUT2D eigenvalue weighted by Gasteiger charge is 2.13. The van der Waals surface area contributed by atoms with E-state index < -0.39 is 0 Å². The van der Waals surface area contributed by atoms with Crippen molar-refractivity contribution in [3.05, 3.63) is 57.6 Å². The molecule has 2 amide bonds. The minimum Gasteiger partial charge on any atom is -0.493 e. The number of anilines is 1. The van der Waals surface area contributed by atoms with Gasteiger partial charge in [-0.05, 0) is 47.9 Å². The summed E-state index contributed by atoms with van der Waals surface area (Å²) in [6.45, 7) is 5.34. The number of benzene rings is 2. The van der Waals surface area contributed by atoms with Gasteiger partial charge in [-0.1, -0.05) is 37.0 Å². The lowest BCUT2D eigenvalue weighted by atomic mass is 10.1. The number of halogens is 2. The van der Waals surface area contributed by atoms with Gasteiger partial charge >= 0.3 is 0 Å². The molecule has 0 fully saturated rings. The van der Waals surface area contributed by atoms with E-state index in [1.54, 1.807) is 37.5 Å². The quantitative estimate of drug-likeness (QED) is 0.336. The molecule has 0 spiro atoms. The van der Waals surface area contributed by atoms with E-state index >= 15 is 0 Å². The van der Waals surface area contributed by atoms with Gasteiger partial charge in [0.1, 0.15) is 0 Å².